The monoisotopic (exact) mass is 611 g/mol. The molecule has 0 saturated heterocycles. The van der Waals surface area contributed by atoms with E-state index in [9.17, 15) is 9.18 Å². The highest BCUT2D eigenvalue weighted by molar-refractivity contribution is 6.04. The number of hydrogen-bond donors (Lipinski definition) is 4. The number of likely N-dealkylation sites (N-methyl/N-ethyl adjacent to an activating group) is 1. The second-order valence-electron chi connectivity index (χ2n) is 11.2. The fourth-order valence-corrected chi connectivity index (χ4v) is 5.37. The average Bonchev–Trinajstić information content (AvgIpc) is 3.69. The predicted molar refractivity (Wildman–Crippen MR) is 179 cm³/mol. The lowest BCUT2D eigenvalue weighted by Gasteiger charge is -2.13. The van der Waals surface area contributed by atoms with Gasteiger partial charge in [-0.1, -0.05) is 18.2 Å². The molecule has 0 atom stereocenters. The fraction of sp³-hybridized carbons (Fsp3) is 0.114. The van der Waals surface area contributed by atoms with E-state index in [1.54, 1.807) is 36.9 Å². The van der Waals surface area contributed by atoms with Gasteiger partial charge in [0, 0.05) is 53.2 Å². The molecule has 5 aromatic heterocycles. The molecule has 0 radical (unpaired) electrons. The van der Waals surface area contributed by atoms with Crippen molar-refractivity contribution in [1.82, 2.24) is 35.0 Å². The minimum absolute atomic E-state index is 0.220. The summed E-state index contributed by atoms with van der Waals surface area (Å²) in [6.07, 6.45) is 6.79. The summed E-state index contributed by atoms with van der Waals surface area (Å²) in [4.78, 5) is 31.9. The first kappa shape index (κ1) is 28.8. The molecule has 0 saturated carbocycles. The van der Waals surface area contributed by atoms with Gasteiger partial charge in [0.05, 0.1) is 40.5 Å². The molecule has 2 aromatic carbocycles. The number of aromatic nitrogens is 6. The molecule has 0 aliphatic carbocycles. The lowest BCUT2D eigenvalue weighted by molar-refractivity contribution is 0.102. The Hall–Kier alpha value is -5.94. The first-order valence-electron chi connectivity index (χ1n) is 14.7. The lowest BCUT2D eigenvalue weighted by Crippen LogP contribution is -2.20. The number of aromatic amines is 2. The van der Waals surface area contributed by atoms with E-state index in [4.69, 9.17) is 4.98 Å². The molecule has 228 valence electrons. The summed E-state index contributed by atoms with van der Waals surface area (Å²) in [5.41, 5.74) is 8.33. The molecule has 7 aromatic rings. The summed E-state index contributed by atoms with van der Waals surface area (Å²) in [5, 5.41) is 14.7. The molecule has 0 unspecified atom stereocenters. The van der Waals surface area contributed by atoms with E-state index in [1.165, 1.54) is 12.1 Å². The molecule has 0 aliphatic heterocycles. The number of pyridine rings is 3. The minimum atomic E-state index is -0.328. The first-order chi connectivity index (χ1) is 22.4. The van der Waals surface area contributed by atoms with E-state index in [-0.39, 0.29) is 11.7 Å². The van der Waals surface area contributed by atoms with E-state index in [2.05, 4.69) is 40.7 Å². The van der Waals surface area contributed by atoms with E-state index in [0.717, 1.165) is 45.3 Å². The van der Waals surface area contributed by atoms with Crippen molar-refractivity contribution in [3.63, 3.8) is 0 Å². The normalized spacial score (nSPS) is 11.4. The average molecular weight is 612 g/mol. The Bertz CT molecular complexity index is 2190. The number of carbonyl (C=O) groups is 1. The van der Waals surface area contributed by atoms with Crippen molar-refractivity contribution in [2.24, 2.45) is 0 Å². The van der Waals surface area contributed by atoms with Crippen molar-refractivity contribution < 1.29 is 9.18 Å². The Morgan fingerprint density at radius 3 is 2.54 bits per heavy atom. The van der Waals surface area contributed by atoms with Crippen molar-refractivity contribution in [2.45, 2.75) is 0 Å². The highest BCUT2D eigenvalue weighted by Crippen LogP contribution is 2.35. The molecule has 11 heteroatoms. The van der Waals surface area contributed by atoms with Crippen molar-refractivity contribution in [3.05, 3.63) is 109 Å². The number of carbonyl (C=O) groups excluding carboxylic acids is 1. The van der Waals surface area contributed by atoms with Crippen LogP contribution in [0.15, 0.2) is 97.6 Å². The number of amides is 1. The summed E-state index contributed by atoms with van der Waals surface area (Å²) >= 11 is 0. The predicted octanol–water partition coefficient (Wildman–Crippen LogP) is 6.60. The molecule has 0 aliphatic rings. The van der Waals surface area contributed by atoms with E-state index >= 15 is 0 Å². The number of H-pyrrole nitrogens is 2. The van der Waals surface area contributed by atoms with Gasteiger partial charge in [-0.2, -0.15) is 5.10 Å². The highest BCUT2D eigenvalue weighted by atomic mass is 19.1. The van der Waals surface area contributed by atoms with Crippen LogP contribution in [0.4, 0.5) is 15.8 Å². The highest BCUT2D eigenvalue weighted by Gasteiger charge is 2.17. The molecule has 0 fully saturated rings. The maximum Gasteiger partial charge on any atom is 0.255 e. The number of rotatable bonds is 9. The number of nitrogens with zero attached hydrogens (tertiary/aromatic N) is 5. The van der Waals surface area contributed by atoms with Crippen LogP contribution in [-0.2, 0) is 0 Å². The minimum Gasteiger partial charge on any atom is -0.384 e. The third-order valence-electron chi connectivity index (χ3n) is 7.63. The second-order valence-corrected chi connectivity index (χ2v) is 11.2. The standard InChI is InChI=1S/C35H30FN9O/c1-45(2)11-10-39-25-13-22(12-24(36)15-25)28-19-38-20-32-27(28)16-31(41-32)34-33-30(43-44-34)9-8-29(42-33)23-14-26(18-37-17-23)40-35(46)21-6-4-3-5-7-21/h3-9,12-20,39,41H,10-11H2,1-2H3,(H,40,46)(H,43,44). The van der Waals surface area contributed by atoms with Crippen LogP contribution in [0.1, 0.15) is 10.4 Å². The van der Waals surface area contributed by atoms with Gasteiger partial charge < -0.3 is 20.5 Å². The Morgan fingerprint density at radius 1 is 0.870 bits per heavy atom. The number of nitrogens with one attached hydrogen (secondary N) is 4. The zero-order chi connectivity index (χ0) is 31.6. The van der Waals surface area contributed by atoms with Crippen molar-refractivity contribution in [1.29, 1.82) is 0 Å². The largest absolute Gasteiger partial charge is 0.384 e. The molecule has 4 N–H and O–H groups in total. The maximum absolute atomic E-state index is 14.7. The molecule has 0 spiro atoms. The Morgan fingerprint density at radius 2 is 1.70 bits per heavy atom. The molecule has 5 heterocycles. The summed E-state index contributed by atoms with van der Waals surface area (Å²) in [6.45, 7) is 1.51. The van der Waals surface area contributed by atoms with E-state index in [0.29, 0.717) is 40.4 Å². The fourth-order valence-electron chi connectivity index (χ4n) is 5.37. The van der Waals surface area contributed by atoms with Crippen LogP contribution in [0.5, 0.6) is 0 Å². The number of fused-ring (bicyclic) bond motifs is 2. The van der Waals surface area contributed by atoms with Crippen LogP contribution in [0.3, 0.4) is 0 Å². The number of halogens is 1. The molecule has 46 heavy (non-hydrogen) atoms. The van der Waals surface area contributed by atoms with Crippen LogP contribution in [0, 0.1) is 5.82 Å². The van der Waals surface area contributed by atoms with Gasteiger partial charge in [0.1, 0.15) is 17.0 Å². The van der Waals surface area contributed by atoms with Crippen molar-refractivity contribution in [2.75, 3.05) is 37.8 Å². The zero-order valence-electron chi connectivity index (χ0n) is 25.2. The van der Waals surface area contributed by atoms with Gasteiger partial charge in [0.15, 0.2) is 0 Å². The van der Waals surface area contributed by atoms with Gasteiger partial charge in [-0.05, 0) is 74.3 Å². The lowest BCUT2D eigenvalue weighted by atomic mass is 10.0. The van der Waals surface area contributed by atoms with Crippen LogP contribution < -0.4 is 10.6 Å². The van der Waals surface area contributed by atoms with Crippen LogP contribution in [-0.4, -0.2) is 68.1 Å². The number of anilines is 2. The third kappa shape index (κ3) is 5.91. The van der Waals surface area contributed by atoms with Crippen LogP contribution in [0.25, 0.3) is 55.7 Å². The second kappa shape index (κ2) is 12.2. The number of benzene rings is 2. The van der Waals surface area contributed by atoms with Crippen molar-refractivity contribution >= 4 is 39.2 Å². The Kier molecular flexibility index (Phi) is 7.65. The summed E-state index contributed by atoms with van der Waals surface area (Å²) in [6, 6.07) is 21.6. The third-order valence-corrected chi connectivity index (χ3v) is 7.63. The summed E-state index contributed by atoms with van der Waals surface area (Å²) < 4.78 is 14.7. The molecule has 1 amide bonds. The smallest absolute Gasteiger partial charge is 0.255 e. The quantitative estimate of drug-likeness (QED) is 0.145. The number of hydrogen-bond acceptors (Lipinski definition) is 7. The maximum atomic E-state index is 14.7. The molecule has 7 rings (SSSR count). The zero-order valence-corrected chi connectivity index (χ0v) is 25.2. The van der Waals surface area contributed by atoms with Gasteiger partial charge in [0.25, 0.3) is 5.91 Å². The van der Waals surface area contributed by atoms with Gasteiger partial charge in [-0.15, -0.1) is 0 Å². The van der Waals surface area contributed by atoms with E-state index < -0.39 is 0 Å². The van der Waals surface area contributed by atoms with Gasteiger partial charge in [0.2, 0.25) is 0 Å². The van der Waals surface area contributed by atoms with Gasteiger partial charge in [-0.3, -0.25) is 19.9 Å². The molecule has 0 bridgehead atoms. The van der Waals surface area contributed by atoms with Gasteiger partial charge in [-0.25, -0.2) is 9.37 Å². The van der Waals surface area contributed by atoms with E-state index in [1.807, 2.05) is 62.6 Å². The van der Waals surface area contributed by atoms with Crippen molar-refractivity contribution in [3.8, 4) is 33.8 Å². The topological polar surface area (TPSA) is 128 Å². The Balaban J connectivity index is 1.21. The Labute approximate surface area is 263 Å². The van der Waals surface area contributed by atoms with Crippen LogP contribution >= 0.6 is 0 Å². The summed E-state index contributed by atoms with van der Waals surface area (Å²) in [7, 11) is 3.99. The summed E-state index contributed by atoms with van der Waals surface area (Å²) in [5.74, 6) is -0.548. The molecular formula is C35H30FN9O. The molecule has 10 nitrogen and oxygen atoms in total. The van der Waals surface area contributed by atoms with Gasteiger partial charge >= 0.3 is 0 Å². The SMILES string of the molecule is CN(C)CCNc1cc(F)cc(-c2cncc3[nH]c(-c4n[nH]c5ccc(-c6cncc(NC(=O)c7ccccc7)c6)nc45)cc23)c1. The van der Waals surface area contributed by atoms with Crippen LogP contribution in [0.2, 0.25) is 0 Å². The first-order valence-corrected chi connectivity index (χ1v) is 14.7. The molecular weight excluding hydrogens is 581 g/mol.